The number of pyridine rings is 1. The van der Waals surface area contributed by atoms with Crippen molar-refractivity contribution in [3.8, 4) is 0 Å². The van der Waals surface area contributed by atoms with E-state index in [-0.39, 0.29) is 23.4 Å². The van der Waals surface area contributed by atoms with Crippen molar-refractivity contribution in [2.24, 2.45) is 5.92 Å². The third-order valence-corrected chi connectivity index (χ3v) is 6.27. The van der Waals surface area contributed by atoms with Crippen LogP contribution in [0.15, 0.2) is 50.3 Å². The number of nitrogens with zero attached hydrogens (tertiary/aromatic N) is 2. The molecule has 0 spiro atoms. The van der Waals surface area contributed by atoms with Crippen LogP contribution in [0.4, 0.5) is 0 Å². The molecule has 30 heavy (non-hydrogen) atoms. The topological polar surface area (TPSA) is 90.3 Å². The van der Waals surface area contributed by atoms with Gasteiger partial charge in [-0.15, -0.1) is 0 Å². The second-order valence-corrected chi connectivity index (χ2v) is 8.20. The number of aryl methyl sites for hydroxylation is 1. The number of carbonyl (C=O) groups excluding carboxylic acids is 1. The number of halogens is 1. The second kappa shape index (κ2) is 7.32. The van der Waals surface area contributed by atoms with Gasteiger partial charge in [-0.25, -0.2) is 0 Å². The van der Waals surface area contributed by atoms with Crippen molar-refractivity contribution in [1.82, 2.24) is 15.0 Å². The Labute approximate surface area is 176 Å². The first kappa shape index (κ1) is 18.9. The van der Waals surface area contributed by atoms with E-state index in [9.17, 15) is 9.59 Å². The second-order valence-electron chi connectivity index (χ2n) is 7.79. The van der Waals surface area contributed by atoms with Gasteiger partial charge in [0.1, 0.15) is 16.7 Å². The lowest BCUT2D eigenvalue weighted by molar-refractivity contribution is 0.0919. The molecule has 3 heterocycles. The first-order valence-corrected chi connectivity index (χ1v) is 10.3. The molecule has 7 nitrogen and oxygen atoms in total. The Bertz CT molecular complexity index is 1310. The summed E-state index contributed by atoms with van der Waals surface area (Å²) in [5.41, 5.74) is 1.16. The minimum absolute atomic E-state index is 0.0164. The molecule has 5 rings (SSSR count). The van der Waals surface area contributed by atoms with Gasteiger partial charge in [-0.3, -0.25) is 9.59 Å². The van der Waals surface area contributed by atoms with E-state index >= 15 is 0 Å². The zero-order valence-electron chi connectivity index (χ0n) is 16.4. The van der Waals surface area contributed by atoms with Gasteiger partial charge in [0.25, 0.3) is 11.5 Å². The molecular formula is C22H20ClN3O4. The van der Waals surface area contributed by atoms with E-state index in [0.29, 0.717) is 34.0 Å². The van der Waals surface area contributed by atoms with Crippen LogP contribution in [0.5, 0.6) is 0 Å². The maximum Gasteiger partial charge on any atom is 0.286 e. The summed E-state index contributed by atoms with van der Waals surface area (Å²) in [5, 5.41) is 8.78. The minimum atomic E-state index is -0.223. The Morgan fingerprint density at radius 3 is 2.93 bits per heavy atom. The summed E-state index contributed by atoms with van der Waals surface area (Å²) in [6, 6.07) is 8.88. The van der Waals surface area contributed by atoms with Gasteiger partial charge in [0.2, 0.25) is 0 Å². The summed E-state index contributed by atoms with van der Waals surface area (Å²) in [6.45, 7) is 2.28. The molecule has 8 heteroatoms. The third-order valence-electron chi connectivity index (χ3n) is 5.96. The lowest BCUT2D eigenvalue weighted by atomic mass is 10.1. The Hall–Kier alpha value is -3.06. The van der Waals surface area contributed by atoms with E-state index < -0.39 is 0 Å². The zero-order valence-corrected chi connectivity index (χ0v) is 17.1. The zero-order chi connectivity index (χ0) is 20.8. The van der Waals surface area contributed by atoms with Crippen LogP contribution in [-0.4, -0.2) is 22.2 Å². The van der Waals surface area contributed by atoms with Gasteiger partial charge in [-0.1, -0.05) is 22.8 Å². The van der Waals surface area contributed by atoms with Gasteiger partial charge in [0, 0.05) is 18.0 Å². The number of fused-ring (bicyclic) bond motifs is 3. The van der Waals surface area contributed by atoms with Gasteiger partial charge < -0.3 is 18.8 Å². The first-order valence-electron chi connectivity index (χ1n) is 9.95. The number of rotatable bonds is 4. The number of benzene rings is 1. The summed E-state index contributed by atoms with van der Waals surface area (Å²) >= 11 is 6.48. The highest BCUT2D eigenvalue weighted by atomic mass is 35.5. The van der Waals surface area contributed by atoms with Crippen LogP contribution in [0, 0.1) is 12.8 Å². The van der Waals surface area contributed by atoms with Crippen LogP contribution in [0.1, 0.15) is 41.6 Å². The minimum Gasteiger partial charge on any atom is -0.459 e. The molecule has 1 aromatic carbocycles. The summed E-state index contributed by atoms with van der Waals surface area (Å²) in [6.07, 6.45) is 4.03. The molecule has 0 unspecified atom stereocenters. The molecule has 3 aromatic heterocycles. The number of nitrogens with one attached hydrogen (secondary N) is 1. The molecule has 2 atom stereocenters. The lowest BCUT2D eigenvalue weighted by Gasteiger charge is -2.18. The number of amides is 1. The molecule has 1 saturated carbocycles. The highest BCUT2D eigenvalue weighted by molar-refractivity contribution is 6.37. The molecular weight excluding hydrogens is 406 g/mol. The van der Waals surface area contributed by atoms with Crippen molar-refractivity contribution in [2.45, 2.75) is 32.2 Å². The fourth-order valence-corrected chi connectivity index (χ4v) is 4.79. The number of hydrogen-bond donors (Lipinski definition) is 1. The third kappa shape index (κ3) is 3.01. The van der Waals surface area contributed by atoms with Gasteiger partial charge in [-0.2, -0.15) is 0 Å². The summed E-state index contributed by atoms with van der Waals surface area (Å²) in [4.78, 5) is 25.5. The molecule has 0 aliphatic heterocycles. The van der Waals surface area contributed by atoms with E-state index in [1.807, 2.05) is 16.7 Å². The summed E-state index contributed by atoms with van der Waals surface area (Å²) < 4.78 is 12.3. The fraction of sp³-hybridized carbons (Fsp3) is 0.318. The van der Waals surface area contributed by atoms with Crippen molar-refractivity contribution in [3.63, 3.8) is 0 Å². The van der Waals surface area contributed by atoms with Crippen LogP contribution in [-0.2, 0) is 0 Å². The average Bonchev–Trinajstić information content (AvgIpc) is 3.48. The van der Waals surface area contributed by atoms with Crippen molar-refractivity contribution in [2.75, 3.05) is 6.54 Å². The molecule has 0 radical (unpaired) electrons. The number of aromatic nitrogens is 2. The predicted molar refractivity (Wildman–Crippen MR) is 113 cm³/mol. The molecule has 1 N–H and O–H groups in total. The quantitative estimate of drug-likeness (QED) is 0.521. The number of furan rings is 1. The molecule has 1 fully saturated rings. The fourth-order valence-electron chi connectivity index (χ4n) is 4.54. The van der Waals surface area contributed by atoms with Crippen LogP contribution in [0.2, 0.25) is 5.02 Å². The van der Waals surface area contributed by atoms with E-state index in [0.717, 1.165) is 30.2 Å². The van der Waals surface area contributed by atoms with E-state index in [1.54, 1.807) is 25.1 Å². The monoisotopic (exact) mass is 425 g/mol. The first-order chi connectivity index (χ1) is 14.5. The molecule has 0 saturated heterocycles. The molecule has 1 amide bonds. The standard InChI is InChI=1S/C22H20ClN3O4/c1-12-18-20(25-30-12)19-15(23)4-2-5-16(19)26(22(18)28)14-8-7-13(10-14)11-24-21(27)17-6-3-9-29-17/h2-6,9,13-14H,7-8,10-11H2,1H3,(H,24,27)/t13-,14+/m0/s1. The van der Waals surface area contributed by atoms with Crippen molar-refractivity contribution >= 4 is 39.3 Å². The molecule has 1 aliphatic carbocycles. The van der Waals surface area contributed by atoms with Crippen molar-refractivity contribution in [3.05, 3.63) is 63.5 Å². The molecule has 1 aliphatic rings. The lowest BCUT2D eigenvalue weighted by Crippen LogP contribution is -2.29. The maximum atomic E-state index is 13.4. The van der Waals surface area contributed by atoms with Crippen LogP contribution < -0.4 is 10.9 Å². The van der Waals surface area contributed by atoms with Crippen molar-refractivity contribution < 1.29 is 13.7 Å². The normalized spacial score (nSPS) is 19.0. The summed E-state index contributed by atoms with van der Waals surface area (Å²) in [5.74, 6) is 0.842. The molecule has 0 bridgehead atoms. The van der Waals surface area contributed by atoms with E-state index in [1.165, 1.54) is 6.26 Å². The van der Waals surface area contributed by atoms with E-state index in [4.69, 9.17) is 20.5 Å². The van der Waals surface area contributed by atoms with E-state index in [2.05, 4.69) is 10.5 Å². The highest BCUT2D eigenvalue weighted by Crippen LogP contribution is 2.38. The Morgan fingerprint density at radius 1 is 1.27 bits per heavy atom. The van der Waals surface area contributed by atoms with Crippen LogP contribution >= 0.6 is 11.6 Å². The number of hydrogen-bond acceptors (Lipinski definition) is 5. The SMILES string of the molecule is Cc1onc2c1c(=O)n([C@@H]1CC[C@H](CNC(=O)c3ccco3)C1)c1cccc(Cl)c21. The molecule has 154 valence electrons. The van der Waals surface area contributed by atoms with Gasteiger partial charge in [-0.05, 0) is 56.4 Å². The Morgan fingerprint density at radius 2 is 2.13 bits per heavy atom. The Kier molecular flexibility index (Phi) is 4.62. The Balaban J connectivity index is 1.47. The largest absolute Gasteiger partial charge is 0.459 e. The van der Waals surface area contributed by atoms with Crippen molar-refractivity contribution in [1.29, 1.82) is 0 Å². The maximum absolute atomic E-state index is 13.4. The predicted octanol–water partition coefficient (Wildman–Crippen LogP) is 4.47. The van der Waals surface area contributed by atoms with Gasteiger partial charge >= 0.3 is 0 Å². The average molecular weight is 426 g/mol. The summed E-state index contributed by atoms with van der Waals surface area (Å²) in [7, 11) is 0. The number of carbonyl (C=O) groups is 1. The van der Waals surface area contributed by atoms with Gasteiger partial charge in [0.05, 0.1) is 16.8 Å². The van der Waals surface area contributed by atoms with Crippen LogP contribution in [0.25, 0.3) is 21.8 Å². The van der Waals surface area contributed by atoms with Crippen LogP contribution in [0.3, 0.4) is 0 Å². The smallest absolute Gasteiger partial charge is 0.286 e. The molecule has 4 aromatic rings. The highest BCUT2D eigenvalue weighted by Gasteiger charge is 2.30. The van der Waals surface area contributed by atoms with Gasteiger partial charge in [0.15, 0.2) is 5.76 Å².